The van der Waals surface area contributed by atoms with Gasteiger partial charge in [0.25, 0.3) is 0 Å². The maximum Gasteiger partial charge on any atom is 0.228 e. The Morgan fingerprint density at radius 2 is 2.00 bits per heavy atom. The second kappa shape index (κ2) is 6.16. The normalized spacial score (nSPS) is 10.6. The van der Waals surface area contributed by atoms with Gasteiger partial charge < -0.3 is 5.32 Å². The van der Waals surface area contributed by atoms with Crippen molar-refractivity contribution in [1.82, 2.24) is 4.98 Å². The third kappa shape index (κ3) is 3.10. The summed E-state index contributed by atoms with van der Waals surface area (Å²) in [6, 6.07) is 13.3. The minimum atomic E-state index is -0.0835. The van der Waals surface area contributed by atoms with Crippen molar-refractivity contribution in [1.29, 1.82) is 0 Å². The van der Waals surface area contributed by atoms with Crippen molar-refractivity contribution in [2.45, 2.75) is 13.3 Å². The molecule has 1 N–H and O–H groups in total. The summed E-state index contributed by atoms with van der Waals surface area (Å²) in [5.41, 5.74) is 2.73. The molecule has 0 saturated carbocycles. The molecule has 0 bridgehead atoms. The molecule has 2 aromatic carbocycles. The first-order valence-corrected chi connectivity index (χ1v) is 7.39. The van der Waals surface area contributed by atoms with E-state index in [0.717, 1.165) is 27.6 Å². The lowest BCUT2D eigenvalue weighted by Crippen LogP contribution is -2.15. The minimum absolute atomic E-state index is 0.0835. The van der Waals surface area contributed by atoms with Crippen molar-refractivity contribution in [2.75, 3.05) is 5.32 Å². The first-order chi connectivity index (χ1) is 10.6. The molecule has 3 aromatic rings. The van der Waals surface area contributed by atoms with Gasteiger partial charge in [0.2, 0.25) is 5.91 Å². The van der Waals surface area contributed by atoms with Gasteiger partial charge >= 0.3 is 0 Å². The molecular weight excluding hydrogens is 296 g/mol. The number of hydrogen-bond donors (Lipinski definition) is 1. The highest BCUT2D eigenvalue weighted by molar-refractivity contribution is 6.30. The topological polar surface area (TPSA) is 42.0 Å². The summed E-state index contributed by atoms with van der Waals surface area (Å²) < 4.78 is 0. The van der Waals surface area contributed by atoms with Crippen molar-refractivity contribution in [3.63, 3.8) is 0 Å². The number of anilines is 1. The molecule has 0 aliphatic carbocycles. The van der Waals surface area contributed by atoms with Gasteiger partial charge in [-0.05, 0) is 30.2 Å². The summed E-state index contributed by atoms with van der Waals surface area (Å²) in [4.78, 5) is 16.5. The largest absolute Gasteiger partial charge is 0.324 e. The van der Waals surface area contributed by atoms with E-state index in [4.69, 9.17) is 11.6 Å². The van der Waals surface area contributed by atoms with Crippen LogP contribution in [0.15, 0.2) is 54.9 Å². The van der Waals surface area contributed by atoms with E-state index in [-0.39, 0.29) is 12.3 Å². The fourth-order valence-corrected chi connectivity index (χ4v) is 2.76. The molecule has 0 spiro atoms. The zero-order valence-corrected chi connectivity index (χ0v) is 12.9. The average molecular weight is 311 g/mol. The molecule has 0 aliphatic rings. The molecule has 22 heavy (non-hydrogen) atoms. The Morgan fingerprint density at radius 1 is 1.18 bits per heavy atom. The summed E-state index contributed by atoms with van der Waals surface area (Å²) in [6.07, 6.45) is 3.77. The van der Waals surface area contributed by atoms with Crippen LogP contribution in [0.2, 0.25) is 5.02 Å². The van der Waals surface area contributed by atoms with Gasteiger partial charge in [0.05, 0.1) is 18.3 Å². The Balaban J connectivity index is 1.85. The van der Waals surface area contributed by atoms with E-state index in [1.807, 2.05) is 37.3 Å². The monoisotopic (exact) mass is 310 g/mol. The number of fused-ring (bicyclic) bond motifs is 1. The Labute approximate surface area is 133 Å². The van der Waals surface area contributed by atoms with E-state index in [0.29, 0.717) is 5.02 Å². The third-order valence-electron chi connectivity index (χ3n) is 3.52. The minimum Gasteiger partial charge on any atom is -0.324 e. The van der Waals surface area contributed by atoms with Gasteiger partial charge in [-0.1, -0.05) is 41.9 Å². The number of hydrogen-bond acceptors (Lipinski definition) is 2. The van der Waals surface area contributed by atoms with Crippen LogP contribution < -0.4 is 5.32 Å². The number of nitrogens with zero attached hydrogens (tertiary/aromatic N) is 1. The summed E-state index contributed by atoms with van der Waals surface area (Å²) in [5, 5.41) is 5.62. The standard InChI is InChI=1S/C18H15ClN2O/c1-12-4-2-6-14-10-20-11-16(18(12)14)21-17(22)9-13-5-3-7-15(19)8-13/h2-8,10-11H,9H2,1H3,(H,21,22). The smallest absolute Gasteiger partial charge is 0.228 e. The lowest BCUT2D eigenvalue weighted by Gasteiger charge is -2.10. The van der Waals surface area contributed by atoms with Crippen LogP contribution in [0.5, 0.6) is 0 Å². The molecular formula is C18H15ClN2O. The van der Waals surface area contributed by atoms with Crippen LogP contribution in [0, 0.1) is 6.92 Å². The highest BCUT2D eigenvalue weighted by Gasteiger charge is 2.09. The molecule has 1 aromatic heterocycles. The van der Waals surface area contributed by atoms with E-state index in [9.17, 15) is 4.79 Å². The van der Waals surface area contributed by atoms with E-state index in [1.165, 1.54) is 0 Å². The van der Waals surface area contributed by atoms with Gasteiger partial charge in [0.15, 0.2) is 0 Å². The number of benzene rings is 2. The van der Waals surface area contributed by atoms with Crippen molar-refractivity contribution in [3.8, 4) is 0 Å². The van der Waals surface area contributed by atoms with Gasteiger partial charge in [-0.2, -0.15) is 0 Å². The number of halogens is 1. The summed E-state index contributed by atoms with van der Waals surface area (Å²) in [7, 11) is 0. The maximum absolute atomic E-state index is 12.3. The van der Waals surface area contributed by atoms with Crippen LogP contribution in [0.25, 0.3) is 10.8 Å². The van der Waals surface area contributed by atoms with Gasteiger partial charge in [-0.3, -0.25) is 9.78 Å². The van der Waals surface area contributed by atoms with E-state index in [2.05, 4.69) is 10.3 Å². The van der Waals surface area contributed by atoms with E-state index >= 15 is 0 Å². The molecule has 0 atom stereocenters. The maximum atomic E-state index is 12.3. The second-order valence-electron chi connectivity index (χ2n) is 5.21. The summed E-state index contributed by atoms with van der Waals surface area (Å²) in [6.45, 7) is 2.02. The summed E-state index contributed by atoms with van der Waals surface area (Å²) in [5.74, 6) is -0.0835. The molecule has 1 amide bonds. The van der Waals surface area contributed by atoms with Crippen LogP contribution >= 0.6 is 11.6 Å². The third-order valence-corrected chi connectivity index (χ3v) is 3.75. The number of aromatic nitrogens is 1. The Bertz CT molecular complexity index is 840. The zero-order valence-electron chi connectivity index (χ0n) is 12.1. The average Bonchev–Trinajstić information content (AvgIpc) is 2.47. The second-order valence-corrected chi connectivity index (χ2v) is 5.65. The molecule has 3 nitrogen and oxygen atoms in total. The molecule has 3 rings (SSSR count). The Morgan fingerprint density at radius 3 is 2.82 bits per heavy atom. The summed E-state index contributed by atoms with van der Waals surface area (Å²) >= 11 is 5.95. The van der Waals surface area contributed by atoms with E-state index < -0.39 is 0 Å². The molecule has 0 unspecified atom stereocenters. The quantitative estimate of drug-likeness (QED) is 0.780. The first-order valence-electron chi connectivity index (χ1n) is 7.01. The van der Waals surface area contributed by atoms with Crippen molar-refractivity contribution < 1.29 is 4.79 Å². The van der Waals surface area contributed by atoms with Crippen LogP contribution in [0.4, 0.5) is 5.69 Å². The van der Waals surface area contributed by atoms with Crippen molar-refractivity contribution in [3.05, 3.63) is 71.0 Å². The number of rotatable bonds is 3. The highest BCUT2D eigenvalue weighted by Crippen LogP contribution is 2.25. The van der Waals surface area contributed by atoms with Gasteiger partial charge in [0.1, 0.15) is 0 Å². The molecule has 110 valence electrons. The number of amides is 1. The SMILES string of the molecule is Cc1cccc2cncc(NC(=O)Cc3cccc(Cl)c3)c12. The molecule has 0 saturated heterocycles. The lowest BCUT2D eigenvalue weighted by molar-refractivity contribution is -0.115. The van der Waals surface area contributed by atoms with Crippen molar-refractivity contribution in [2.24, 2.45) is 0 Å². The zero-order chi connectivity index (χ0) is 15.5. The Hall–Kier alpha value is -2.39. The van der Waals surface area contributed by atoms with Gasteiger partial charge in [-0.15, -0.1) is 0 Å². The number of pyridine rings is 1. The van der Waals surface area contributed by atoms with Gasteiger partial charge in [-0.25, -0.2) is 0 Å². The Kier molecular flexibility index (Phi) is 4.07. The molecule has 0 radical (unpaired) electrons. The number of aryl methyl sites for hydroxylation is 1. The van der Waals surface area contributed by atoms with Crippen molar-refractivity contribution >= 4 is 34.0 Å². The number of nitrogens with one attached hydrogen (secondary N) is 1. The molecule has 0 aliphatic heterocycles. The molecule has 4 heteroatoms. The number of carbonyl (C=O) groups excluding carboxylic acids is 1. The van der Waals surface area contributed by atoms with Crippen LogP contribution in [-0.2, 0) is 11.2 Å². The van der Waals surface area contributed by atoms with Crippen LogP contribution in [0.3, 0.4) is 0 Å². The molecule has 0 fully saturated rings. The predicted molar refractivity (Wildman–Crippen MR) is 90.3 cm³/mol. The first kappa shape index (κ1) is 14.5. The van der Waals surface area contributed by atoms with E-state index in [1.54, 1.807) is 24.5 Å². The van der Waals surface area contributed by atoms with Gasteiger partial charge in [0, 0.05) is 22.0 Å². The number of carbonyl (C=O) groups is 1. The molecule has 1 heterocycles. The fraction of sp³-hybridized carbons (Fsp3) is 0.111. The van der Waals surface area contributed by atoms with Crippen LogP contribution in [0.1, 0.15) is 11.1 Å². The highest BCUT2D eigenvalue weighted by atomic mass is 35.5. The lowest BCUT2D eigenvalue weighted by atomic mass is 10.1. The van der Waals surface area contributed by atoms with Crippen LogP contribution in [-0.4, -0.2) is 10.9 Å². The predicted octanol–water partition coefficient (Wildman–Crippen LogP) is 4.38. The fourth-order valence-electron chi connectivity index (χ4n) is 2.54.